The molecule has 4 nitrogen and oxygen atoms in total. The van der Waals surface area contributed by atoms with Gasteiger partial charge in [0.2, 0.25) is 0 Å². The summed E-state index contributed by atoms with van der Waals surface area (Å²) in [4.78, 5) is 15.8. The summed E-state index contributed by atoms with van der Waals surface area (Å²) in [5, 5.41) is 6.18. The topological polar surface area (TPSA) is 41.6 Å². The third-order valence-electron chi connectivity index (χ3n) is 7.53. The third kappa shape index (κ3) is 5.70. The summed E-state index contributed by atoms with van der Waals surface area (Å²) in [6.45, 7) is 5.66. The van der Waals surface area contributed by atoms with Crippen LogP contribution in [0.15, 0.2) is 84.9 Å². The molecule has 1 N–H and O–H groups in total. The maximum absolute atomic E-state index is 13.7. The van der Waals surface area contributed by atoms with Crippen LogP contribution in [0.3, 0.4) is 0 Å². The van der Waals surface area contributed by atoms with Crippen LogP contribution in [0.5, 0.6) is 5.75 Å². The van der Waals surface area contributed by atoms with E-state index in [0.717, 1.165) is 60.2 Å². The minimum atomic E-state index is 0.146. The molecule has 1 saturated heterocycles. The molecule has 0 aliphatic carbocycles. The number of hydrogen-bond donors (Lipinski definition) is 1. The van der Waals surface area contributed by atoms with Crippen molar-refractivity contribution in [3.8, 4) is 5.75 Å². The monoisotopic (exact) mass is 492 g/mol. The van der Waals surface area contributed by atoms with Crippen LogP contribution in [0.25, 0.3) is 10.8 Å². The molecule has 4 aromatic rings. The van der Waals surface area contributed by atoms with E-state index in [9.17, 15) is 4.79 Å². The predicted octanol–water partition coefficient (Wildman–Crippen LogP) is 6.47. The Labute approximate surface area is 220 Å². The van der Waals surface area contributed by atoms with Gasteiger partial charge in [0.1, 0.15) is 5.75 Å². The SMILES string of the molecule is COc1ccc(CN[C@H]2CCN(C(=O)c3cc(C)cc(C)c3)[C@@H](Cc3ccccc3)C2)c2ccccc12. The number of fused-ring (bicyclic) bond motifs is 1. The van der Waals surface area contributed by atoms with Crippen molar-refractivity contribution < 1.29 is 9.53 Å². The Bertz CT molecular complexity index is 1360. The van der Waals surface area contributed by atoms with Crippen LogP contribution in [0.1, 0.15) is 45.5 Å². The van der Waals surface area contributed by atoms with E-state index >= 15 is 0 Å². The third-order valence-corrected chi connectivity index (χ3v) is 7.53. The summed E-state index contributed by atoms with van der Waals surface area (Å²) in [5.41, 5.74) is 5.60. The van der Waals surface area contributed by atoms with Crippen molar-refractivity contribution in [2.45, 2.75) is 51.7 Å². The van der Waals surface area contributed by atoms with Gasteiger partial charge in [0.25, 0.3) is 5.91 Å². The zero-order valence-corrected chi connectivity index (χ0v) is 22.0. The second-order valence-corrected chi connectivity index (χ2v) is 10.3. The van der Waals surface area contributed by atoms with Crippen LogP contribution >= 0.6 is 0 Å². The molecule has 1 heterocycles. The first kappa shape index (κ1) is 25.0. The number of benzene rings is 4. The molecule has 0 saturated carbocycles. The molecule has 1 aliphatic heterocycles. The molecule has 2 atom stereocenters. The summed E-state index contributed by atoms with van der Waals surface area (Å²) in [7, 11) is 1.72. The lowest BCUT2D eigenvalue weighted by Crippen LogP contribution is -2.51. The molecule has 1 fully saturated rings. The summed E-state index contributed by atoms with van der Waals surface area (Å²) in [5.74, 6) is 1.05. The summed E-state index contributed by atoms with van der Waals surface area (Å²) < 4.78 is 5.58. The zero-order valence-electron chi connectivity index (χ0n) is 22.0. The molecular formula is C33H36N2O2. The first-order valence-electron chi connectivity index (χ1n) is 13.2. The van der Waals surface area contributed by atoms with E-state index in [-0.39, 0.29) is 11.9 Å². The Morgan fingerprint density at radius 1 is 0.919 bits per heavy atom. The number of nitrogens with one attached hydrogen (secondary N) is 1. The highest BCUT2D eigenvalue weighted by molar-refractivity contribution is 5.95. The van der Waals surface area contributed by atoms with E-state index in [4.69, 9.17) is 4.74 Å². The second kappa shape index (κ2) is 11.2. The van der Waals surface area contributed by atoms with E-state index in [1.165, 1.54) is 16.5 Å². The number of likely N-dealkylation sites (tertiary alicyclic amines) is 1. The van der Waals surface area contributed by atoms with E-state index in [1.807, 2.05) is 18.2 Å². The Hall–Kier alpha value is -3.63. The van der Waals surface area contributed by atoms with Crippen molar-refractivity contribution in [2.24, 2.45) is 0 Å². The summed E-state index contributed by atoms with van der Waals surface area (Å²) in [6, 6.07) is 29.8. The van der Waals surface area contributed by atoms with Gasteiger partial charge >= 0.3 is 0 Å². The van der Waals surface area contributed by atoms with Gasteiger partial charge in [-0.05, 0) is 67.8 Å². The van der Waals surface area contributed by atoms with Gasteiger partial charge < -0.3 is 15.0 Å². The van der Waals surface area contributed by atoms with Gasteiger partial charge in [0, 0.05) is 36.1 Å². The Morgan fingerprint density at radius 2 is 1.62 bits per heavy atom. The average Bonchev–Trinajstić information content (AvgIpc) is 2.91. The van der Waals surface area contributed by atoms with Crippen molar-refractivity contribution >= 4 is 16.7 Å². The molecule has 0 radical (unpaired) electrons. The first-order valence-corrected chi connectivity index (χ1v) is 13.2. The van der Waals surface area contributed by atoms with Gasteiger partial charge in [0.15, 0.2) is 0 Å². The van der Waals surface area contributed by atoms with Crippen LogP contribution in [-0.4, -0.2) is 36.5 Å². The average molecular weight is 493 g/mol. The molecule has 1 aliphatic rings. The lowest BCUT2D eigenvalue weighted by molar-refractivity contribution is 0.0576. The largest absolute Gasteiger partial charge is 0.496 e. The highest BCUT2D eigenvalue weighted by Crippen LogP contribution is 2.29. The highest BCUT2D eigenvalue weighted by atomic mass is 16.5. The van der Waals surface area contributed by atoms with Crippen LogP contribution < -0.4 is 10.1 Å². The molecule has 0 spiro atoms. The fourth-order valence-electron chi connectivity index (χ4n) is 5.77. The van der Waals surface area contributed by atoms with Gasteiger partial charge in [-0.1, -0.05) is 77.9 Å². The van der Waals surface area contributed by atoms with Crippen LogP contribution in [0.4, 0.5) is 0 Å². The van der Waals surface area contributed by atoms with Crippen molar-refractivity contribution in [1.29, 1.82) is 0 Å². The number of nitrogens with zero attached hydrogens (tertiary/aromatic N) is 1. The molecule has 0 bridgehead atoms. The number of methoxy groups -OCH3 is 1. The zero-order chi connectivity index (χ0) is 25.8. The molecular weight excluding hydrogens is 456 g/mol. The molecule has 4 heteroatoms. The standard InChI is InChI=1S/C33H36N2O2/c1-23-17-24(2)19-27(18-23)33(36)35-16-15-28(21-29(35)20-25-9-5-4-6-10-25)34-22-26-13-14-32(37-3)31-12-8-7-11-30(26)31/h4-14,17-19,28-29,34H,15-16,20-22H2,1-3H3/t28-,29-/m0/s1. The van der Waals surface area contributed by atoms with Crippen LogP contribution in [-0.2, 0) is 13.0 Å². The van der Waals surface area contributed by atoms with Crippen molar-refractivity contribution in [3.63, 3.8) is 0 Å². The van der Waals surface area contributed by atoms with Gasteiger partial charge in [-0.15, -0.1) is 0 Å². The molecule has 4 aromatic carbocycles. The van der Waals surface area contributed by atoms with Crippen LogP contribution in [0, 0.1) is 13.8 Å². The van der Waals surface area contributed by atoms with Crippen molar-refractivity contribution in [3.05, 3.63) is 113 Å². The number of rotatable bonds is 7. The van der Waals surface area contributed by atoms with E-state index in [0.29, 0.717) is 6.04 Å². The maximum atomic E-state index is 13.7. The van der Waals surface area contributed by atoms with Crippen LogP contribution in [0.2, 0.25) is 0 Å². The Morgan fingerprint density at radius 3 is 2.35 bits per heavy atom. The highest BCUT2D eigenvalue weighted by Gasteiger charge is 2.32. The smallest absolute Gasteiger partial charge is 0.254 e. The van der Waals surface area contributed by atoms with Crippen molar-refractivity contribution in [1.82, 2.24) is 10.2 Å². The fraction of sp³-hybridized carbons (Fsp3) is 0.303. The Balaban J connectivity index is 1.34. The molecule has 0 aromatic heterocycles. The lowest BCUT2D eigenvalue weighted by Gasteiger charge is -2.40. The van der Waals surface area contributed by atoms with Crippen molar-refractivity contribution in [2.75, 3.05) is 13.7 Å². The van der Waals surface area contributed by atoms with E-state index < -0.39 is 0 Å². The molecule has 190 valence electrons. The minimum absolute atomic E-state index is 0.146. The van der Waals surface area contributed by atoms with E-state index in [2.05, 4.69) is 90.8 Å². The number of amides is 1. The maximum Gasteiger partial charge on any atom is 0.254 e. The van der Waals surface area contributed by atoms with Gasteiger partial charge in [0.05, 0.1) is 7.11 Å². The number of aryl methyl sites for hydroxylation is 2. The Kier molecular flexibility index (Phi) is 7.57. The first-order chi connectivity index (χ1) is 18.0. The number of carbonyl (C=O) groups is 1. The predicted molar refractivity (Wildman–Crippen MR) is 151 cm³/mol. The summed E-state index contributed by atoms with van der Waals surface area (Å²) >= 11 is 0. The van der Waals surface area contributed by atoms with Gasteiger partial charge in [-0.2, -0.15) is 0 Å². The van der Waals surface area contributed by atoms with Gasteiger partial charge in [-0.25, -0.2) is 0 Å². The molecule has 37 heavy (non-hydrogen) atoms. The number of piperidine rings is 1. The fourth-order valence-corrected chi connectivity index (χ4v) is 5.77. The molecule has 0 unspecified atom stereocenters. The normalized spacial score (nSPS) is 17.6. The molecule has 1 amide bonds. The number of hydrogen-bond acceptors (Lipinski definition) is 3. The number of carbonyl (C=O) groups excluding carboxylic acids is 1. The van der Waals surface area contributed by atoms with E-state index in [1.54, 1.807) is 7.11 Å². The second-order valence-electron chi connectivity index (χ2n) is 10.3. The quantitative estimate of drug-likeness (QED) is 0.321. The molecule has 5 rings (SSSR count). The summed E-state index contributed by atoms with van der Waals surface area (Å²) in [6.07, 6.45) is 2.73. The lowest BCUT2D eigenvalue weighted by atomic mass is 9.91. The minimum Gasteiger partial charge on any atom is -0.496 e. The number of ether oxygens (including phenoxy) is 1. The van der Waals surface area contributed by atoms with Gasteiger partial charge in [-0.3, -0.25) is 4.79 Å².